The van der Waals surface area contributed by atoms with E-state index in [0.29, 0.717) is 17.0 Å². The number of rotatable bonds is 4. The van der Waals surface area contributed by atoms with Gasteiger partial charge in [-0.1, -0.05) is 18.2 Å². The number of ether oxygens (including phenoxy) is 1. The average Bonchev–Trinajstić information content (AvgIpc) is 2.51. The zero-order valence-electron chi connectivity index (χ0n) is 12.3. The van der Waals surface area contributed by atoms with Gasteiger partial charge in [0.15, 0.2) is 6.10 Å². The van der Waals surface area contributed by atoms with Gasteiger partial charge in [0.2, 0.25) is 0 Å². The molecule has 0 bridgehead atoms. The Hall–Kier alpha value is -2.87. The second kappa shape index (κ2) is 6.72. The van der Waals surface area contributed by atoms with E-state index in [0.717, 1.165) is 5.56 Å². The van der Waals surface area contributed by atoms with Crippen LogP contribution in [0, 0.1) is 24.1 Å². The maximum atomic E-state index is 13.2. The fourth-order valence-electron chi connectivity index (χ4n) is 1.87. The molecule has 2 rings (SSSR count). The zero-order valence-corrected chi connectivity index (χ0v) is 12.3. The van der Waals surface area contributed by atoms with Gasteiger partial charge in [-0.15, -0.1) is 0 Å². The van der Waals surface area contributed by atoms with Crippen LogP contribution in [0.25, 0.3) is 0 Å². The average molecular weight is 298 g/mol. The van der Waals surface area contributed by atoms with Crippen molar-refractivity contribution in [3.8, 4) is 11.8 Å². The molecule has 0 radical (unpaired) electrons. The molecule has 2 aromatic rings. The minimum absolute atomic E-state index is 0.337. The maximum Gasteiger partial charge on any atom is 0.265 e. The first-order chi connectivity index (χ1) is 10.5. The number of nitrogens with zero attached hydrogens (tertiary/aromatic N) is 1. The van der Waals surface area contributed by atoms with Gasteiger partial charge in [-0.2, -0.15) is 5.26 Å². The number of carbonyl (C=O) groups excluding carboxylic acids is 1. The number of halogens is 1. The molecule has 0 saturated heterocycles. The smallest absolute Gasteiger partial charge is 0.265 e. The van der Waals surface area contributed by atoms with E-state index < -0.39 is 17.8 Å². The minimum Gasteiger partial charge on any atom is -0.480 e. The molecule has 4 nitrogen and oxygen atoms in total. The third kappa shape index (κ3) is 3.61. The number of nitrogens with one attached hydrogen (secondary N) is 1. The molecule has 0 heterocycles. The van der Waals surface area contributed by atoms with Crippen LogP contribution in [0.1, 0.15) is 18.1 Å². The van der Waals surface area contributed by atoms with E-state index in [1.54, 1.807) is 44.2 Å². The summed E-state index contributed by atoms with van der Waals surface area (Å²) in [6, 6.07) is 12.8. The number of nitriles is 1. The van der Waals surface area contributed by atoms with E-state index in [4.69, 9.17) is 10.00 Å². The van der Waals surface area contributed by atoms with Gasteiger partial charge in [-0.3, -0.25) is 4.79 Å². The van der Waals surface area contributed by atoms with Crippen LogP contribution in [0.5, 0.6) is 5.75 Å². The Bertz CT molecular complexity index is 738. The Morgan fingerprint density at radius 3 is 2.77 bits per heavy atom. The van der Waals surface area contributed by atoms with Crippen LogP contribution in [0.4, 0.5) is 10.1 Å². The molecule has 1 unspecified atom stereocenters. The molecule has 0 aliphatic carbocycles. The summed E-state index contributed by atoms with van der Waals surface area (Å²) in [5.41, 5.74) is 1.50. The van der Waals surface area contributed by atoms with Crippen LogP contribution in [-0.2, 0) is 4.79 Å². The second-order valence-corrected chi connectivity index (χ2v) is 4.82. The van der Waals surface area contributed by atoms with Crippen molar-refractivity contribution in [1.82, 2.24) is 0 Å². The lowest BCUT2D eigenvalue weighted by molar-refractivity contribution is -0.122. The summed E-state index contributed by atoms with van der Waals surface area (Å²) >= 11 is 0. The van der Waals surface area contributed by atoms with E-state index >= 15 is 0 Å². The Morgan fingerprint density at radius 2 is 2.05 bits per heavy atom. The number of amides is 1. The van der Waals surface area contributed by atoms with Gasteiger partial charge in [0, 0.05) is 5.69 Å². The second-order valence-electron chi connectivity index (χ2n) is 4.82. The number of anilines is 1. The van der Waals surface area contributed by atoms with Gasteiger partial charge < -0.3 is 10.1 Å². The van der Waals surface area contributed by atoms with E-state index in [-0.39, 0.29) is 0 Å². The van der Waals surface area contributed by atoms with Crippen molar-refractivity contribution >= 4 is 11.6 Å². The Balaban J connectivity index is 2.10. The van der Waals surface area contributed by atoms with Crippen molar-refractivity contribution in [2.45, 2.75) is 20.0 Å². The van der Waals surface area contributed by atoms with Gasteiger partial charge in [0.1, 0.15) is 17.6 Å². The van der Waals surface area contributed by atoms with Gasteiger partial charge >= 0.3 is 0 Å². The van der Waals surface area contributed by atoms with Crippen molar-refractivity contribution in [2.75, 3.05) is 5.32 Å². The monoisotopic (exact) mass is 298 g/mol. The van der Waals surface area contributed by atoms with Gasteiger partial charge in [0.05, 0.1) is 5.56 Å². The molecule has 0 aliphatic rings. The van der Waals surface area contributed by atoms with Crippen molar-refractivity contribution < 1.29 is 13.9 Å². The van der Waals surface area contributed by atoms with Gasteiger partial charge in [-0.25, -0.2) is 4.39 Å². The van der Waals surface area contributed by atoms with Crippen LogP contribution >= 0.6 is 0 Å². The van der Waals surface area contributed by atoms with Crippen LogP contribution < -0.4 is 10.1 Å². The number of hydrogen-bond donors (Lipinski definition) is 1. The Kier molecular flexibility index (Phi) is 4.74. The molecule has 0 aliphatic heterocycles. The predicted octanol–water partition coefficient (Wildman–Crippen LogP) is 3.41. The highest BCUT2D eigenvalue weighted by Crippen LogP contribution is 2.20. The van der Waals surface area contributed by atoms with E-state index in [9.17, 15) is 9.18 Å². The topological polar surface area (TPSA) is 62.1 Å². The molecule has 2 aromatic carbocycles. The Morgan fingerprint density at radius 1 is 1.32 bits per heavy atom. The first-order valence-corrected chi connectivity index (χ1v) is 6.74. The highest BCUT2D eigenvalue weighted by Gasteiger charge is 2.17. The molecule has 0 aromatic heterocycles. The highest BCUT2D eigenvalue weighted by molar-refractivity contribution is 5.94. The minimum atomic E-state index is -0.822. The van der Waals surface area contributed by atoms with E-state index in [1.807, 2.05) is 6.07 Å². The molecule has 0 saturated carbocycles. The summed E-state index contributed by atoms with van der Waals surface area (Å²) in [5, 5.41) is 11.6. The first kappa shape index (κ1) is 15.5. The molecule has 5 heteroatoms. The Labute approximate surface area is 128 Å². The van der Waals surface area contributed by atoms with Crippen LogP contribution in [0.15, 0.2) is 42.5 Å². The molecular weight excluding hydrogens is 283 g/mol. The van der Waals surface area contributed by atoms with Gasteiger partial charge in [-0.05, 0) is 43.7 Å². The van der Waals surface area contributed by atoms with Gasteiger partial charge in [0.25, 0.3) is 5.91 Å². The quantitative estimate of drug-likeness (QED) is 0.940. The van der Waals surface area contributed by atoms with E-state index in [1.165, 1.54) is 12.1 Å². The number of benzene rings is 2. The normalized spacial score (nSPS) is 11.4. The van der Waals surface area contributed by atoms with Crippen molar-refractivity contribution in [2.24, 2.45) is 0 Å². The number of aryl methyl sites for hydroxylation is 1. The number of carbonyl (C=O) groups is 1. The van der Waals surface area contributed by atoms with Crippen molar-refractivity contribution in [3.63, 3.8) is 0 Å². The summed E-state index contributed by atoms with van der Waals surface area (Å²) < 4.78 is 18.7. The standard InChI is InChI=1S/C17H15FN2O2/c1-11-7-8-14(18)9-15(11)20-17(21)12(2)22-16-6-4-3-5-13(16)10-19/h3-9,12H,1-2H3,(H,20,21). The molecule has 1 atom stereocenters. The largest absolute Gasteiger partial charge is 0.480 e. The molecule has 1 N–H and O–H groups in total. The molecule has 22 heavy (non-hydrogen) atoms. The SMILES string of the molecule is Cc1ccc(F)cc1NC(=O)C(C)Oc1ccccc1C#N. The number of hydrogen-bond acceptors (Lipinski definition) is 3. The van der Waals surface area contributed by atoms with Crippen LogP contribution in [0.3, 0.4) is 0 Å². The number of para-hydroxylation sites is 1. The lowest BCUT2D eigenvalue weighted by Crippen LogP contribution is -2.30. The fourth-order valence-corrected chi connectivity index (χ4v) is 1.87. The molecule has 112 valence electrons. The lowest BCUT2D eigenvalue weighted by atomic mass is 10.2. The maximum absolute atomic E-state index is 13.2. The highest BCUT2D eigenvalue weighted by atomic mass is 19.1. The van der Waals surface area contributed by atoms with E-state index in [2.05, 4.69) is 5.32 Å². The zero-order chi connectivity index (χ0) is 16.1. The molecule has 0 spiro atoms. The molecule has 0 fully saturated rings. The third-order valence-corrected chi connectivity index (χ3v) is 3.14. The summed E-state index contributed by atoms with van der Waals surface area (Å²) in [5.74, 6) is -0.505. The summed E-state index contributed by atoms with van der Waals surface area (Å²) in [6.45, 7) is 3.34. The van der Waals surface area contributed by atoms with Crippen LogP contribution in [-0.4, -0.2) is 12.0 Å². The summed E-state index contributed by atoms with van der Waals surface area (Å²) in [7, 11) is 0. The van der Waals surface area contributed by atoms with Crippen molar-refractivity contribution in [3.05, 3.63) is 59.4 Å². The fraction of sp³-hybridized carbons (Fsp3) is 0.176. The third-order valence-electron chi connectivity index (χ3n) is 3.14. The lowest BCUT2D eigenvalue weighted by Gasteiger charge is -2.16. The predicted molar refractivity (Wildman–Crippen MR) is 81.0 cm³/mol. The van der Waals surface area contributed by atoms with Crippen molar-refractivity contribution in [1.29, 1.82) is 5.26 Å². The first-order valence-electron chi connectivity index (χ1n) is 6.74. The summed E-state index contributed by atoms with van der Waals surface area (Å²) in [4.78, 5) is 12.1. The molecule has 1 amide bonds. The summed E-state index contributed by atoms with van der Waals surface area (Å²) in [6.07, 6.45) is -0.822. The molecular formula is C17H15FN2O2. The van der Waals surface area contributed by atoms with Crippen LogP contribution in [0.2, 0.25) is 0 Å².